The van der Waals surface area contributed by atoms with Gasteiger partial charge in [-0.2, -0.15) is 11.8 Å². The number of thioether (sulfide) groups is 1. The third kappa shape index (κ3) is 5.41. The molecule has 1 amide bonds. The summed E-state index contributed by atoms with van der Waals surface area (Å²) in [5, 5.41) is 9.90. The number of carbonyl (C=O) groups is 1. The van der Waals surface area contributed by atoms with Gasteiger partial charge in [0.15, 0.2) is 0 Å². The number of amides is 1. The summed E-state index contributed by atoms with van der Waals surface area (Å²) in [4.78, 5) is 20.1. The molecular weight excluding hydrogens is 357 g/mol. The highest BCUT2D eigenvalue weighted by Gasteiger charge is 2.14. The maximum atomic E-state index is 14.1. The minimum atomic E-state index is -0.448. The molecule has 2 rings (SSSR count). The van der Waals surface area contributed by atoms with Gasteiger partial charge in [-0.05, 0) is 29.7 Å². The van der Waals surface area contributed by atoms with E-state index in [1.165, 1.54) is 43.4 Å². The number of halogens is 1. The van der Waals surface area contributed by atoms with Crippen molar-refractivity contribution in [3.63, 3.8) is 0 Å². The molecule has 0 spiro atoms. The number of rotatable bonds is 8. The molecule has 1 unspecified atom stereocenters. The number of carbonyl (C=O) groups excluding carboxylic acids is 1. The van der Waals surface area contributed by atoms with Crippen molar-refractivity contribution in [2.24, 2.45) is 5.73 Å². The average molecular weight is 377 g/mol. The molecule has 0 aliphatic rings. The zero-order chi connectivity index (χ0) is 19.1. The Balaban J connectivity index is 2.07. The van der Waals surface area contributed by atoms with Gasteiger partial charge in [-0.1, -0.05) is 6.92 Å². The molecule has 7 nitrogen and oxygen atoms in total. The van der Waals surface area contributed by atoms with Crippen LogP contribution in [0.5, 0.6) is 5.88 Å². The highest BCUT2D eigenvalue weighted by molar-refractivity contribution is 7.99. The molecule has 2 aromatic rings. The number of ether oxygens (including phenoxy) is 1. The van der Waals surface area contributed by atoms with Crippen LogP contribution in [-0.2, 0) is 0 Å². The van der Waals surface area contributed by atoms with Crippen molar-refractivity contribution in [2.75, 3.05) is 23.9 Å². The van der Waals surface area contributed by atoms with E-state index in [9.17, 15) is 9.18 Å². The number of nitrogens with zero attached hydrogens (tertiary/aromatic N) is 2. The van der Waals surface area contributed by atoms with Crippen molar-refractivity contribution in [1.29, 1.82) is 5.41 Å². The van der Waals surface area contributed by atoms with Crippen LogP contribution in [0.15, 0.2) is 30.6 Å². The Kier molecular flexibility index (Phi) is 6.90. The van der Waals surface area contributed by atoms with Crippen LogP contribution in [0.3, 0.4) is 0 Å². The second-order valence-electron chi connectivity index (χ2n) is 5.58. The van der Waals surface area contributed by atoms with E-state index in [1.54, 1.807) is 6.07 Å². The van der Waals surface area contributed by atoms with Gasteiger partial charge in [-0.3, -0.25) is 10.2 Å². The lowest BCUT2D eigenvalue weighted by Gasteiger charge is -2.14. The number of amidine groups is 1. The van der Waals surface area contributed by atoms with Crippen molar-refractivity contribution in [3.8, 4) is 5.88 Å². The van der Waals surface area contributed by atoms with Crippen molar-refractivity contribution in [2.45, 2.75) is 12.8 Å². The monoisotopic (exact) mass is 377 g/mol. The molecule has 26 heavy (non-hydrogen) atoms. The van der Waals surface area contributed by atoms with E-state index in [2.05, 4.69) is 15.3 Å². The SMILES string of the molecule is COc1cnc(C(=O)Nc2ccc(F)c(C(C)CSCC(=N)N)c2)cn1. The van der Waals surface area contributed by atoms with Gasteiger partial charge < -0.3 is 15.8 Å². The van der Waals surface area contributed by atoms with Gasteiger partial charge in [0.1, 0.15) is 17.3 Å². The van der Waals surface area contributed by atoms with E-state index >= 15 is 0 Å². The first-order valence-corrected chi connectivity index (χ1v) is 8.93. The maximum absolute atomic E-state index is 14.1. The Labute approximate surface area is 155 Å². The Morgan fingerprint density at radius 2 is 2.19 bits per heavy atom. The van der Waals surface area contributed by atoms with Crippen molar-refractivity contribution < 1.29 is 13.9 Å². The number of aromatic nitrogens is 2. The van der Waals surface area contributed by atoms with Crippen LogP contribution < -0.4 is 15.8 Å². The molecular formula is C17H20FN5O2S. The topological polar surface area (TPSA) is 114 Å². The molecule has 1 aromatic carbocycles. The molecule has 0 bridgehead atoms. The third-order valence-corrected chi connectivity index (χ3v) is 4.73. The Morgan fingerprint density at radius 3 is 2.81 bits per heavy atom. The van der Waals surface area contributed by atoms with Crippen LogP contribution in [0.4, 0.5) is 10.1 Å². The van der Waals surface area contributed by atoms with Crippen molar-refractivity contribution in [1.82, 2.24) is 9.97 Å². The second-order valence-corrected chi connectivity index (χ2v) is 6.61. The fraction of sp³-hybridized carbons (Fsp3) is 0.294. The van der Waals surface area contributed by atoms with E-state index < -0.39 is 5.91 Å². The largest absolute Gasteiger partial charge is 0.480 e. The molecule has 1 heterocycles. The Hall–Kier alpha value is -2.68. The second kappa shape index (κ2) is 9.14. The molecule has 0 saturated heterocycles. The quantitative estimate of drug-likeness (QED) is 0.481. The van der Waals surface area contributed by atoms with Gasteiger partial charge in [0.05, 0.1) is 25.3 Å². The van der Waals surface area contributed by atoms with Gasteiger partial charge in [-0.15, -0.1) is 0 Å². The molecule has 1 aromatic heterocycles. The van der Waals surface area contributed by atoms with Crippen LogP contribution in [0.2, 0.25) is 0 Å². The van der Waals surface area contributed by atoms with Crippen molar-refractivity contribution >= 4 is 29.2 Å². The van der Waals surface area contributed by atoms with Crippen LogP contribution in [0.1, 0.15) is 28.9 Å². The third-order valence-electron chi connectivity index (χ3n) is 3.48. The van der Waals surface area contributed by atoms with Gasteiger partial charge in [0.25, 0.3) is 5.91 Å². The summed E-state index contributed by atoms with van der Waals surface area (Å²) in [6, 6.07) is 4.41. The molecule has 0 radical (unpaired) electrons. The average Bonchev–Trinajstić information content (AvgIpc) is 2.62. The summed E-state index contributed by atoms with van der Waals surface area (Å²) in [5.74, 6) is 0.513. The number of hydrogen-bond acceptors (Lipinski definition) is 6. The fourth-order valence-corrected chi connectivity index (χ4v) is 3.04. The molecule has 4 N–H and O–H groups in total. The van der Waals surface area contributed by atoms with Gasteiger partial charge >= 0.3 is 0 Å². The summed E-state index contributed by atoms with van der Waals surface area (Å²) >= 11 is 1.46. The number of nitrogens with two attached hydrogens (primary N) is 1. The lowest BCUT2D eigenvalue weighted by molar-refractivity contribution is 0.102. The van der Waals surface area contributed by atoms with Crippen LogP contribution in [0, 0.1) is 11.2 Å². The van der Waals surface area contributed by atoms with Gasteiger partial charge in [0.2, 0.25) is 5.88 Å². The highest BCUT2D eigenvalue weighted by Crippen LogP contribution is 2.26. The highest BCUT2D eigenvalue weighted by atomic mass is 32.2. The standard InChI is InChI=1S/C17H20FN5O2S/c1-10(8-26-9-15(19)20)12-5-11(3-4-13(12)18)23-17(24)14-6-22-16(25-2)7-21-14/h3-7,10H,8-9H2,1-2H3,(H3,19,20)(H,23,24). The molecule has 0 aliphatic heterocycles. The zero-order valence-electron chi connectivity index (χ0n) is 14.5. The van der Waals surface area contributed by atoms with E-state index in [0.717, 1.165) is 0 Å². The molecule has 9 heteroatoms. The van der Waals surface area contributed by atoms with Gasteiger partial charge in [-0.25, -0.2) is 14.4 Å². The van der Waals surface area contributed by atoms with Crippen molar-refractivity contribution in [3.05, 3.63) is 47.7 Å². The summed E-state index contributed by atoms with van der Waals surface area (Å²) in [7, 11) is 1.46. The smallest absolute Gasteiger partial charge is 0.275 e. The number of anilines is 1. The lowest BCUT2D eigenvalue weighted by atomic mass is 10.0. The minimum absolute atomic E-state index is 0.0873. The van der Waals surface area contributed by atoms with E-state index in [0.29, 0.717) is 28.6 Å². The molecule has 1 atom stereocenters. The number of nitrogens with one attached hydrogen (secondary N) is 2. The Morgan fingerprint density at radius 1 is 1.42 bits per heavy atom. The first-order valence-electron chi connectivity index (χ1n) is 7.78. The minimum Gasteiger partial charge on any atom is -0.480 e. The van der Waals surface area contributed by atoms with Crippen LogP contribution in [0.25, 0.3) is 0 Å². The van der Waals surface area contributed by atoms with E-state index in [4.69, 9.17) is 15.9 Å². The number of benzene rings is 1. The summed E-state index contributed by atoms with van der Waals surface area (Å²) in [6.07, 6.45) is 2.65. The number of hydrogen-bond donors (Lipinski definition) is 3. The summed E-state index contributed by atoms with van der Waals surface area (Å²) in [6.45, 7) is 1.88. The Bertz CT molecular complexity index is 785. The van der Waals surface area contributed by atoms with Gasteiger partial charge in [0, 0.05) is 11.4 Å². The fourth-order valence-electron chi connectivity index (χ4n) is 2.17. The normalized spacial score (nSPS) is 11.7. The molecule has 0 saturated carbocycles. The lowest BCUT2D eigenvalue weighted by Crippen LogP contribution is -2.15. The van der Waals surface area contributed by atoms with E-state index in [1.807, 2.05) is 6.92 Å². The van der Waals surface area contributed by atoms with Crippen LogP contribution in [-0.4, -0.2) is 40.3 Å². The number of methoxy groups -OCH3 is 1. The van der Waals surface area contributed by atoms with Crippen LogP contribution >= 0.6 is 11.8 Å². The predicted octanol–water partition coefficient (Wildman–Crippen LogP) is 2.65. The van der Waals surface area contributed by atoms with E-state index in [-0.39, 0.29) is 23.3 Å². The first kappa shape index (κ1) is 19.6. The molecule has 0 aliphatic carbocycles. The zero-order valence-corrected chi connectivity index (χ0v) is 15.3. The molecule has 138 valence electrons. The summed E-state index contributed by atoms with van der Waals surface area (Å²) < 4.78 is 19.0. The predicted molar refractivity (Wildman–Crippen MR) is 101 cm³/mol. The summed E-state index contributed by atoms with van der Waals surface area (Å²) in [5.41, 5.74) is 6.40. The first-order chi connectivity index (χ1) is 12.4. The molecule has 0 fully saturated rings. The maximum Gasteiger partial charge on any atom is 0.275 e.